The van der Waals surface area contributed by atoms with Crippen LogP contribution in [-0.4, -0.2) is 89.0 Å². The standard InChI is InChI=1S/C55H98O10/c1-3-5-7-9-11-13-15-17-19-21-22-23-24-25-26-28-29-31-33-35-37-39-41-43-50(57)62-46-48(47-63-55-54(61)53(60)52(59)49(45-56)65-55)64-51(58)44-42-40-38-36-34-32-30-27-20-18-16-14-12-10-8-6-4-2/h12,14,18,20,30,32,35,37,48-49,52-56,59-61H,3-11,13,15-17,19,21-29,31,33-34,36,38-47H2,1-2H3/b14-12+,20-18+,32-30+,37-35+/t48-,49-,52+,53?,54?,55-/m0/s1. The number of esters is 2. The van der Waals surface area contributed by atoms with E-state index in [0.29, 0.717) is 12.8 Å². The van der Waals surface area contributed by atoms with E-state index in [1.807, 2.05) is 0 Å². The van der Waals surface area contributed by atoms with Crippen molar-refractivity contribution in [2.24, 2.45) is 0 Å². The fourth-order valence-corrected chi connectivity index (χ4v) is 7.97. The number of aliphatic hydroxyl groups excluding tert-OH is 4. The quantitative estimate of drug-likeness (QED) is 0.0264. The summed E-state index contributed by atoms with van der Waals surface area (Å²) in [7, 11) is 0. The van der Waals surface area contributed by atoms with E-state index in [-0.39, 0.29) is 26.1 Å². The van der Waals surface area contributed by atoms with Gasteiger partial charge in [-0.05, 0) is 70.6 Å². The highest BCUT2D eigenvalue weighted by Crippen LogP contribution is 2.23. The van der Waals surface area contributed by atoms with Gasteiger partial charge in [-0.25, -0.2) is 0 Å². The Hall–Kier alpha value is -2.34. The first-order valence-electron chi connectivity index (χ1n) is 26.7. The lowest BCUT2D eigenvalue weighted by molar-refractivity contribution is -0.305. The molecule has 0 amide bonds. The Kier molecular flexibility index (Phi) is 42.4. The number of rotatable bonds is 45. The van der Waals surface area contributed by atoms with Gasteiger partial charge in [0.15, 0.2) is 12.4 Å². The molecule has 1 heterocycles. The third-order valence-corrected chi connectivity index (χ3v) is 12.2. The Morgan fingerprint density at radius 1 is 0.477 bits per heavy atom. The first-order chi connectivity index (χ1) is 31.8. The Labute approximate surface area is 397 Å². The molecule has 0 saturated carbocycles. The molecule has 0 bridgehead atoms. The Bertz CT molecular complexity index is 1200. The zero-order valence-electron chi connectivity index (χ0n) is 41.5. The van der Waals surface area contributed by atoms with E-state index in [2.05, 4.69) is 62.5 Å². The molecule has 0 aromatic rings. The summed E-state index contributed by atoms with van der Waals surface area (Å²) in [5.74, 6) is -0.864. The Balaban J connectivity index is 2.26. The van der Waals surface area contributed by atoms with Crippen molar-refractivity contribution < 1.29 is 49.0 Å². The van der Waals surface area contributed by atoms with E-state index in [0.717, 1.165) is 51.4 Å². The van der Waals surface area contributed by atoms with Crippen LogP contribution in [0.5, 0.6) is 0 Å². The molecule has 1 aliphatic heterocycles. The molecule has 10 nitrogen and oxygen atoms in total. The van der Waals surface area contributed by atoms with Crippen molar-refractivity contribution in [1.82, 2.24) is 0 Å². The summed E-state index contributed by atoms with van der Waals surface area (Å²) in [6, 6.07) is 0. The molecule has 1 aliphatic rings. The third kappa shape index (κ3) is 36.4. The van der Waals surface area contributed by atoms with Crippen molar-refractivity contribution in [1.29, 1.82) is 0 Å². The van der Waals surface area contributed by atoms with Crippen LogP contribution in [0.3, 0.4) is 0 Å². The monoisotopic (exact) mass is 919 g/mol. The molecule has 1 saturated heterocycles. The number of ether oxygens (including phenoxy) is 4. The van der Waals surface area contributed by atoms with Crippen LogP contribution < -0.4 is 0 Å². The van der Waals surface area contributed by atoms with Gasteiger partial charge >= 0.3 is 11.9 Å². The number of carbonyl (C=O) groups is 2. The average Bonchev–Trinajstić information content (AvgIpc) is 3.30. The Morgan fingerprint density at radius 2 is 0.877 bits per heavy atom. The Morgan fingerprint density at radius 3 is 1.38 bits per heavy atom. The molecule has 4 N–H and O–H groups in total. The second kappa shape index (κ2) is 45.4. The largest absolute Gasteiger partial charge is 0.462 e. The number of carbonyl (C=O) groups excluding carboxylic acids is 2. The van der Waals surface area contributed by atoms with Crippen molar-refractivity contribution in [2.75, 3.05) is 19.8 Å². The van der Waals surface area contributed by atoms with Gasteiger partial charge in [-0.15, -0.1) is 0 Å². The maximum Gasteiger partial charge on any atom is 0.306 e. The van der Waals surface area contributed by atoms with Gasteiger partial charge < -0.3 is 39.4 Å². The second-order valence-corrected chi connectivity index (χ2v) is 18.3. The number of unbranched alkanes of at least 4 members (excludes halogenated alkanes) is 26. The zero-order valence-corrected chi connectivity index (χ0v) is 41.5. The molecular weight excluding hydrogens is 821 g/mol. The van der Waals surface area contributed by atoms with Crippen molar-refractivity contribution in [2.45, 2.75) is 269 Å². The number of aliphatic hydroxyl groups is 4. The zero-order chi connectivity index (χ0) is 47.3. The van der Waals surface area contributed by atoms with Crippen LogP contribution in [-0.2, 0) is 28.5 Å². The molecule has 1 fully saturated rings. The van der Waals surface area contributed by atoms with Gasteiger partial charge in [0.1, 0.15) is 31.0 Å². The van der Waals surface area contributed by atoms with Crippen LogP contribution in [0.15, 0.2) is 48.6 Å². The van der Waals surface area contributed by atoms with Crippen LogP contribution in [0.25, 0.3) is 0 Å². The van der Waals surface area contributed by atoms with Crippen molar-refractivity contribution >= 4 is 11.9 Å². The van der Waals surface area contributed by atoms with E-state index in [1.54, 1.807) is 0 Å². The molecule has 6 atom stereocenters. The van der Waals surface area contributed by atoms with Crippen molar-refractivity contribution in [3.8, 4) is 0 Å². The molecule has 65 heavy (non-hydrogen) atoms. The molecule has 1 rings (SSSR count). The molecule has 0 aromatic heterocycles. The topological polar surface area (TPSA) is 152 Å². The minimum Gasteiger partial charge on any atom is -0.462 e. The molecule has 10 heteroatoms. The summed E-state index contributed by atoms with van der Waals surface area (Å²) in [4.78, 5) is 25.4. The predicted molar refractivity (Wildman–Crippen MR) is 265 cm³/mol. The van der Waals surface area contributed by atoms with Crippen molar-refractivity contribution in [3.05, 3.63) is 48.6 Å². The molecule has 2 unspecified atom stereocenters. The maximum absolute atomic E-state index is 12.8. The molecule has 0 aliphatic carbocycles. The van der Waals surface area contributed by atoms with E-state index < -0.39 is 55.4 Å². The second-order valence-electron chi connectivity index (χ2n) is 18.3. The average molecular weight is 919 g/mol. The lowest BCUT2D eigenvalue weighted by Gasteiger charge is -2.39. The first kappa shape index (κ1) is 60.7. The summed E-state index contributed by atoms with van der Waals surface area (Å²) in [5.41, 5.74) is 0. The number of hydrogen-bond acceptors (Lipinski definition) is 10. The normalized spacial score (nSPS) is 19.6. The van der Waals surface area contributed by atoms with Crippen LogP contribution in [0.4, 0.5) is 0 Å². The highest BCUT2D eigenvalue weighted by atomic mass is 16.7. The van der Waals surface area contributed by atoms with E-state index in [4.69, 9.17) is 18.9 Å². The van der Waals surface area contributed by atoms with Crippen LogP contribution in [0.2, 0.25) is 0 Å². The minimum absolute atomic E-state index is 0.198. The minimum atomic E-state index is -1.60. The fraction of sp³-hybridized carbons (Fsp3) is 0.818. The number of hydrogen-bond donors (Lipinski definition) is 4. The summed E-state index contributed by atoms with van der Waals surface area (Å²) >= 11 is 0. The van der Waals surface area contributed by atoms with Gasteiger partial charge in [0.25, 0.3) is 0 Å². The predicted octanol–water partition coefficient (Wildman–Crippen LogP) is 12.8. The van der Waals surface area contributed by atoms with E-state index >= 15 is 0 Å². The first-order valence-corrected chi connectivity index (χ1v) is 26.7. The maximum atomic E-state index is 12.8. The molecule has 0 spiro atoms. The van der Waals surface area contributed by atoms with Gasteiger partial charge in [0, 0.05) is 12.8 Å². The lowest BCUT2D eigenvalue weighted by Crippen LogP contribution is -2.59. The van der Waals surface area contributed by atoms with Crippen LogP contribution in [0, 0.1) is 0 Å². The van der Waals surface area contributed by atoms with Crippen LogP contribution >= 0.6 is 0 Å². The number of allylic oxidation sites excluding steroid dienone is 8. The molecule has 0 aromatic carbocycles. The van der Waals surface area contributed by atoms with Gasteiger partial charge in [-0.2, -0.15) is 0 Å². The molecular formula is C55H98O10. The summed E-state index contributed by atoms with van der Waals surface area (Å²) in [6.07, 6.45) is 48.5. The third-order valence-electron chi connectivity index (χ3n) is 12.2. The van der Waals surface area contributed by atoms with E-state index in [1.165, 1.54) is 141 Å². The van der Waals surface area contributed by atoms with Crippen molar-refractivity contribution in [3.63, 3.8) is 0 Å². The lowest BCUT2D eigenvalue weighted by atomic mass is 9.99. The summed E-state index contributed by atoms with van der Waals surface area (Å²) < 4.78 is 22.2. The highest BCUT2D eigenvalue weighted by molar-refractivity contribution is 5.70. The van der Waals surface area contributed by atoms with Crippen LogP contribution in [0.1, 0.15) is 232 Å². The summed E-state index contributed by atoms with van der Waals surface area (Å²) in [6.45, 7) is 3.37. The van der Waals surface area contributed by atoms with E-state index in [9.17, 15) is 30.0 Å². The fourth-order valence-electron chi connectivity index (χ4n) is 7.97. The highest BCUT2D eigenvalue weighted by Gasteiger charge is 2.44. The van der Waals surface area contributed by atoms with Gasteiger partial charge in [0.2, 0.25) is 0 Å². The van der Waals surface area contributed by atoms with Gasteiger partial charge in [0.05, 0.1) is 13.2 Å². The van der Waals surface area contributed by atoms with Gasteiger partial charge in [-0.1, -0.05) is 197 Å². The molecule has 378 valence electrons. The molecule has 0 radical (unpaired) electrons. The smallest absolute Gasteiger partial charge is 0.306 e. The summed E-state index contributed by atoms with van der Waals surface area (Å²) in [5, 5.41) is 40.2. The SMILES string of the molecule is CCCCC/C=C/C/C=C/C/C=C/CCCCCCC(=O)O[C@@H](COC(=O)CCC/C=C/CCCCCCCCCCCCCCCCCCCC)CO[C@H]1O[C@@H](CO)[C@@H](O)C(O)C1O. The van der Waals surface area contributed by atoms with Gasteiger partial charge in [-0.3, -0.25) is 9.59 Å².